The maximum Gasteiger partial charge on any atom is 0.326 e. The molecule has 174 valence electrons. The normalized spacial score (nSPS) is 19.9. The number of aliphatic carboxylic acids is 2. The molecule has 1 aromatic heterocycles. The van der Waals surface area contributed by atoms with Gasteiger partial charge in [0.1, 0.15) is 11.7 Å². The summed E-state index contributed by atoms with van der Waals surface area (Å²) in [5.74, 6) is -2.13. The topological polar surface area (TPSA) is 185 Å². The predicted octanol–water partition coefficient (Wildman–Crippen LogP) is 0.997. The van der Waals surface area contributed by atoms with E-state index < -0.39 is 23.9 Å². The maximum atomic E-state index is 12.5. The molecule has 2 aromatic rings. The van der Waals surface area contributed by atoms with Gasteiger partial charge in [-0.2, -0.15) is 4.98 Å². The van der Waals surface area contributed by atoms with Gasteiger partial charge in [-0.25, -0.2) is 9.78 Å². The van der Waals surface area contributed by atoms with Crippen molar-refractivity contribution in [3.05, 3.63) is 41.1 Å². The molecule has 11 nitrogen and oxygen atoms in total. The third-order valence-electron chi connectivity index (χ3n) is 6.31. The largest absolute Gasteiger partial charge is 0.481 e. The molecule has 1 amide bonds. The van der Waals surface area contributed by atoms with Crippen molar-refractivity contribution >= 4 is 35.3 Å². The van der Waals surface area contributed by atoms with E-state index in [0.717, 1.165) is 42.8 Å². The lowest BCUT2D eigenvalue weighted by Gasteiger charge is -2.33. The monoisotopic (exact) mass is 454 g/mol. The van der Waals surface area contributed by atoms with Gasteiger partial charge in [0.05, 0.1) is 5.69 Å². The summed E-state index contributed by atoms with van der Waals surface area (Å²) in [6.07, 6.45) is 2.15. The summed E-state index contributed by atoms with van der Waals surface area (Å²) < 4.78 is 0. The Labute approximate surface area is 189 Å². The second-order valence-electron chi connectivity index (χ2n) is 8.46. The first-order valence-corrected chi connectivity index (χ1v) is 10.8. The smallest absolute Gasteiger partial charge is 0.326 e. The minimum atomic E-state index is -1.27. The number of hydrogen-bond acceptors (Lipinski definition) is 8. The number of rotatable bonds is 7. The number of carboxylic acids is 2. The third kappa shape index (κ3) is 4.66. The summed E-state index contributed by atoms with van der Waals surface area (Å²) in [5.41, 5.74) is 15.0. The highest BCUT2D eigenvalue weighted by atomic mass is 16.4. The number of aryl methyl sites for hydroxylation is 1. The van der Waals surface area contributed by atoms with Crippen LogP contribution in [0.3, 0.4) is 0 Å². The molecule has 3 heterocycles. The summed E-state index contributed by atoms with van der Waals surface area (Å²) in [6.45, 7) is 0.747. The number of aromatic nitrogens is 2. The van der Waals surface area contributed by atoms with Crippen molar-refractivity contribution in [2.24, 2.45) is 0 Å². The Morgan fingerprint density at radius 1 is 1.15 bits per heavy atom. The summed E-state index contributed by atoms with van der Waals surface area (Å²) in [7, 11) is 0. The van der Waals surface area contributed by atoms with Gasteiger partial charge in [0.2, 0.25) is 5.95 Å². The molecule has 4 rings (SSSR count). The molecular formula is C22H26N6O5. The summed E-state index contributed by atoms with van der Waals surface area (Å²) in [4.78, 5) is 45.2. The molecule has 3 atom stereocenters. The van der Waals surface area contributed by atoms with Crippen LogP contribution in [0.1, 0.15) is 53.2 Å². The number of benzene rings is 1. The number of fused-ring (bicyclic) bond motifs is 3. The lowest BCUT2D eigenvalue weighted by molar-refractivity contribution is -0.140. The molecule has 1 aromatic carbocycles. The quantitative estimate of drug-likeness (QED) is 0.404. The van der Waals surface area contributed by atoms with Crippen LogP contribution in [0.4, 0.5) is 17.5 Å². The fourth-order valence-corrected chi connectivity index (χ4v) is 4.71. The molecule has 0 aliphatic carbocycles. The van der Waals surface area contributed by atoms with Gasteiger partial charge in [0, 0.05) is 30.5 Å². The number of carbonyl (C=O) groups excluding carboxylic acids is 1. The van der Waals surface area contributed by atoms with Gasteiger partial charge in [0.25, 0.3) is 5.91 Å². The van der Waals surface area contributed by atoms with E-state index in [4.69, 9.17) is 16.6 Å². The zero-order valence-corrected chi connectivity index (χ0v) is 17.9. The number of nitrogens with two attached hydrogens (primary N) is 2. The number of anilines is 3. The number of hydrogen-bond donors (Lipinski definition) is 5. The summed E-state index contributed by atoms with van der Waals surface area (Å²) in [5, 5.41) is 20.4. The van der Waals surface area contributed by atoms with Crippen LogP contribution in [-0.2, 0) is 16.0 Å². The standard InChI is InChI=1S/C22H26N6O5/c23-19-18-15(26-22(24)27-19)6-5-14-9-13(10-28(14)18)11-1-3-12(4-2-11)20(31)25-16(21(32)33)7-8-17(29)30/h1-4,13-14,16H,5-10H2,(H,25,31)(H,29,30)(H,32,33)(H4,23,24,26,27). The number of nitrogen functional groups attached to an aromatic ring is 2. The predicted molar refractivity (Wildman–Crippen MR) is 120 cm³/mol. The van der Waals surface area contributed by atoms with Gasteiger partial charge in [-0.3, -0.25) is 9.59 Å². The molecule has 0 radical (unpaired) electrons. The second kappa shape index (κ2) is 8.93. The van der Waals surface area contributed by atoms with Crippen LogP contribution in [0.25, 0.3) is 0 Å². The van der Waals surface area contributed by atoms with Gasteiger partial charge in [0.15, 0.2) is 5.82 Å². The Morgan fingerprint density at radius 2 is 1.88 bits per heavy atom. The van der Waals surface area contributed by atoms with Crippen LogP contribution in [0.15, 0.2) is 24.3 Å². The van der Waals surface area contributed by atoms with Gasteiger partial charge in [-0.1, -0.05) is 12.1 Å². The zero-order valence-electron chi connectivity index (χ0n) is 17.9. The minimum Gasteiger partial charge on any atom is -0.481 e. The van der Waals surface area contributed by atoms with Crippen molar-refractivity contribution in [1.82, 2.24) is 15.3 Å². The number of amides is 1. The summed E-state index contributed by atoms with van der Waals surface area (Å²) in [6, 6.07) is 6.12. The number of nitrogens with one attached hydrogen (secondary N) is 1. The van der Waals surface area contributed by atoms with E-state index in [2.05, 4.69) is 20.2 Å². The van der Waals surface area contributed by atoms with Crippen molar-refractivity contribution in [2.45, 2.75) is 50.1 Å². The van der Waals surface area contributed by atoms with Gasteiger partial charge >= 0.3 is 11.9 Å². The minimum absolute atomic E-state index is 0.183. The van der Waals surface area contributed by atoms with E-state index in [9.17, 15) is 19.5 Å². The molecule has 1 saturated heterocycles. The highest BCUT2D eigenvalue weighted by molar-refractivity contribution is 5.96. The first-order chi connectivity index (χ1) is 15.7. The number of carbonyl (C=O) groups is 3. The Kier molecular flexibility index (Phi) is 6.03. The molecule has 0 saturated carbocycles. The third-order valence-corrected chi connectivity index (χ3v) is 6.31. The Hall–Kier alpha value is -3.89. The van der Waals surface area contributed by atoms with E-state index in [1.807, 2.05) is 12.1 Å². The van der Waals surface area contributed by atoms with E-state index in [1.54, 1.807) is 12.1 Å². The van der Waals surface area contributed by atoms with Crippen LogP contribution in [0.5, 0.6) is 0 Å². The lowest BCUT2D eigenvalue weighted by Crippen LogP contribution is -2.41. The lowest BCUT2D eigenvalue weighted by atomic mass is 9.93. The SMILES string of the molecule is Nc1nc(N)c2c(n1)CCC1CC(c3ccc(C(=O)NC(CCC(=O)O)C(=O)O)cc3)CN21. The van der Waals surface area contributed by atoms with Crippen LogP contribution in [0.2, 0.25) is 0 Å². The molecular weight excluding hydrogens is 428 g/mol. The van der Waals surface area contributed by atoms with Crippen molar-refractivity contribution < 1.29 is 24.6 Å². The number of carboxylic acid groups (broad SMARTS) is 2. The van der Waals surface area contributed by atoms with Crippen LogP contribution >= 0.6 is 0 Å². The van der Waals surface area contributed by atoms with E-state index in [-0.39, 0.29) is 24.7 Å². The average molecular weight is 454 g/mol. The maximum absolute atomic E-state index is 12.5. The molecule has 3 unspecified atom stereocenters. The molecule has 0 spiro atoms. The fraction of sp³-hybridized carbons (Fsp3) is 0.409. The zero-order chi connectivity index (χ0) is 23.7. The van der Waals surface area contributed by atoms with E-state index in [1.165, 1.54) is 0 Å². The molecule has 33 heavy (non-hydrogen) atoms. The molecule has 2 aliphatic rings. The Balaban J connectivity index is 1.44. The fourth-order valence-electron chi connectivity index (χ4n) is 4.71. The van der Waals surface area contributed by atoms with Crippen molar-refractivity contribution in [3.63, 3.8) is 0 Å². The van der Waals surface area contributed by atoms with Crippen molar-refractivity contribution in [3.8, 4) is 0 Å². The van der Waals surface area contributed by atoms with Crippen LogP contribution in [0, 0.1) is 0 Å². The van der Waals surface area contributed by atoms with Crippen molar-refractivity contribution in [2.75, 3.05) is 22.9 Å². The first-order valence-electron chi connectivity index (χ1n) is 10.8. The number of nitrogens with zero attached hydrogens (tertiary/aromatic N) is 3. The molecule has 0 bridgehead atoms. The van der Waals surface area contributed by atoms with E-state index >= 15 is 0 Å². The first kappa shape index (κ1) is 22.3. The molecule has 2 aliphatic heterocycles. The summed E-state index contributed by atoms with van der Waals surface area (Å²) >= 11 is 0. The highest BCUT2D eigenvalue weighted by Crippen LogP contribution is 2.43. The molecule has 11 heteroatoms. The Bertz CT molecular complexity index is 1090. The van der Waals surface area contributed by atoms with E-state index in [0.29, 0.717) is 17.4 Å². The Morgan fingerprint density at radius 3 is 2.55 bits per heavy atom. The second-order valence-corrected chi connectivity index (χ2v) is 8.46. The van der Waals surface area contributed by atoms with Crippen LogP contribution < -0.4 is 21.7 Å². The van der Waals surface area contributed by atoms with Crippen LogP contribution in [-0.4, -0.2) is 56.7 Å². The molecule has 7 N–H and O–H groups in total. The average Bonchev–Trinajstić information content (AvgIpc) is 3.20. The van der Waals surface area contributed by atoms with Gasteiger partial charge in [-0.05, 0) is 43.4 Å². The van der Waals surface area contributed by atoms with Gasteiger partial charge in [-0.15, -0.1) is 0 Å². The molecule has 1 fully saturated rings. The highest BCUT2D eigenvalue weighted by Gasteiger charge is 2.38. The van der Waals surface area contributed by atoms with Gasteiger partial charge < -0.3 is 31.9 Å². The van der Waals surface area contributed by atoms with Crippen molar-refractivity contribution in [1.29, 1.82) is 0 Å².